The first-order valence-corrected chi connectivity index (χ1v) is 16.7. The molecule has 5 rings (SSSR count). The predicted octanol–water partition coefficient (Wildman–Crippen LogP) is 6.02. The van der Waals surface area contributed by atoms with Gasteiger partial charge in [-0.05, 0) is 79.8 Å². The summed E-state index contributed by atoms with van der Waals surface area (Å²) in [5.41, 5.74) is 2.64. The summed E-state index contributed by atoms with van der Waals surface area (Å²) in [7, 11) is 0. The minimum atomic E-state index is -0.0619. The number of nitrogens with one attached hydrogen (secondary N) is 1. The summed E-state index contributed by atoms with van der Waals surface area (Å²) < 4.78 is 5.68. The molecule has 4 aliphatic rings. The van der Waals surface area contributed by atoms with Gasteiger partial charge in [-0.25, -0.2) is 0 Å². The number of piperidine rings is 2. The van der Waals surface area contributed by atoms with E-state index in [-0.39, 0.29) is 23.0 Å². The molecule has 0 bridgehead atoms. The first-order valence-electron chi connectivity index (χ1n) is 16.3. The van der Waals surface area contributed by atoms with Gasteiger partial charge in [0.1, 0.15) is 12.0 Å². The Hall–Kier alpha value is -3.36. The van der Waals surface area contributed by atoms with E-state index in [9.17, 15) is 14.4 Å². The second-order valence-corrected chi connectivity index (χ2v) is 14.4. The molecule has 0 saturated carbocycles. The van der Waals surface area contributed by atoms with Gasteiger partial charge in [-0.2, -0.15) is 0 Å². The van der Waals surface area contributed by atoms with Crippen molar-refractivity contribution >= 4 is 29.2 Å². The van der Waals surface area contributed by atoms with E-state index < -0.39 is 0 Å². The summed E-state index contributed by atoms with van der Waals surface area (Å²) >= 11 is 6.37. The third-order valence-corrected chi connectivity index (χ3v) is 9.39. The Kier molecular flexibility index (Phi) is 10.9. The van der Waals surface area contributed by atoms with Crippen LogP contribution in [0, 0.1) is 11.3 Å². The van der Waals surface area contributed by atoms with E-state index in [0.29, 0.717) is 41.8 Å². The van der Waals surface area contributed by atoms with E-state index in [4.69, 9.17) is 16.3 Å². The van der Waals surface area contributed by atoms with Gasteiger partial charge >= 0.3 is 0 Å². The fourth-order valence-corrected chi connectivity index (χ4v) is 6.71. The van der Waals surface area contributed by atoms with Crippen LogP contribution in [-0.2, 0) is 14.3 Å². The van der Waals surface area contributed by atoms with Crippen molar-refractivity contribution in [3.63, 3.8) is 0 Å². The van der Waals surface area contributed by atoms with Crippen LogP contribution >= 0.6 is 11.6 Å². The number of hydrogen-bond acceptors (Lipinski definition) is 6. The number of allylic oxidation sites excluding steroid dienone is 4. The van der Waals surface area contributed by atoms with Crippen molar-refractivity contribution in [1.82, 2.24) is 20.0 Å². The number of benzene rings is 1. The molecule has 0 spiro atoms. The molecule has 2 saturated heterocycles. The Labute approximate surface area is 272 Å². The fourth-order valence-electron chi connectivity index (χ4n) is 6.54. The van der Waals surface area contributed by atoms with Crippen molar-refractivity contribution in [2.24, 2.45) is 11.3 Å². The van der Waals surface area contributed by atoms with E-state index >= 15 is 0 Å². The number of likely N-dealkylation sites (tertiary alicyclic amines) is 2. The van der Waals surface area contributed by atoms with E-state index in [1.807, 2.05) is 41.6 Å². The van der Waals surface area contributed by atoms with Crippen LogP contribution in [0.4, 0.5) is 0 Å². The minimum Gasteiger partial charge on any atom is -0.462 e. The first-order chi connectivity index (χ1) is 21.5. The zero-order chi connectivity index (χ0) is 32.0. The Morgan fingerprint density at radius 1 is 1.04 bits per heavy atom. The number of rotatable bonds is 9. The van der Waals surface area contributed by atoms with Crippen molar-refractivity contribution < 1.29 is 19.1 Å². The topological polar surface area (TPSA) is 82.2 Å². The lowest BCUT2D eigenvalue weighted by Crippen LogP contribution is -2.42. The number of carbonyl (C=O) groups excluding carboxylic acids is 3. The zero-order valence-corrected chi connectivity index (χ0v) is 27.7. The molecule has 45 heavy (non-hydrogen) atoms. The molecule has 2 amide bonds. The highest BCUT2D eigenvalue weighted by atomic mass is 35.5. The van der Waals surface area contributed by atoms with Crippen molar-refractivity contribution in [3.05, 3.63) is 82.6 Å². The molecule has 2 fully saturated rings. The predicted molar refractivity (Wildman–Crippen MR) is 177 cm³/mol. The maximum atomic E-state index is 13.4. The normalized spacial score (nSPS) is 20.1. The molecule has 3 aliphatic heterocycles. The minimum absolute atomic E-state index is 0.00917. The second kappa shape index (κ2) is 14.8. The highest BCUT2D eigenvalue weighted by molar-refractivity contribution is 6.31. The Bertz CT molecular complexity index is 1380. The van der Waals surface area contributed by atoms with Crippen molar-refractivity contribution in [2.75, 3.05) is 45.8 Å². The highest BCUT2D eigenvalue weighted by Crippen LogP contribution is 2.32. The van der Waals surface area contributed by atoms with Crippen molar-refractivity contribution in [3.8, 4) is 0 Å². The average Bonchev–Trinajstić information content (AvgIpc) is 3.02. The van der Waals surface area contributed by atoms with E-state index in [2.05, 4.69) is 35.9 Å². The molecule has 0 aromatic heterocycles. The van der Waals surface area contributed by atoms with Gasteiger partial charge in [0.2, 0.25) is 5.91 Å². The maximum Gasteiger partial charge on any atom is 0.251 e. The molecule has 1 aliphatic carbocycles. The number of carbonyl (C=O) groups is 3. The van der Waals surface area contributed by atoms with Crippen LogP contribution in [0.15, 0.2) is 66.4 Å². The summed E-state index contributed by atoms with van der Waals surface area (Å²) in [6, 6.07) is 5.73. The summed E-state index contributed by atoms with van der Waals surface area (Å²) in [5, 5.41) is 3.76. The van der Waals surface area contributed by atoms with Crippen LogP contribution in [0.5, 0.6) is 0 Å². The van der Waals surface area contributed by atoms with Crippen LogP contribution in [0.2, 0.25) is 5.02 Å². The SMILES string of the molecule is CC(C)(C)CC(=O)N1CCC(CNC(=O)c2cc(Cl)ccc2C2CCN(CCN3C=COC(C4=CC=CC(=O)C4)=C3)CC2)CC1. The summed E-state index contributed by atoms with van der Waals surface area (Å²) in [6.45, 7) is 12.1. The van der Waals surface area contributed by atoms with Crippen LogP contribution in [0.1, 0.15) is 81.1 Å². The Morgan fingerprint density at radius 3 is 2.51 bits per heavy atom. The molecule has 242 valence electrons. The summed E-state index contributed by atoms with van der Waals surface area (Å²) in [5.74, 6) is 1.64. The summed E-state index contributed by atoms with van der Waals surface area (Å²) in [4.78, 5) is 44.4. The third kappa shape index (κ3) is 9.33. The molecule has 0 atom stereocenters. The van der Waals surface area contributed by atoms with Gasteiger partial charge in [0.15, 0.2) is 5.78 Å². The molecular weight excluding hydrogens is 588 g/mol. The molecule has 9 heteroatoms. The quantitative estimate of drug-likeness (QED) is 0.358. The van der Waals surface area contributed by atoms with Crippen LogP contribution < -0.4 is 5.32 Å². The zero-order valence-electron chi connectivity index (χ0n) is 26.9. The van der Waals surface area contributed by atoms with Gasteiger partial charge in [-0.3, -0.25) is 14.4 Å². The van der Waals surface area contributed by atoms with Crippen molar-refractivity contribution in [1.29, 1.82) is 0 Å². The smallest absolute Gasteiger partial charge is 0.251 e. The number of nitrogens with zero attached hydrogens (tertiary/aromatic N) is 3. The number of amides is 2. The van der Waals surface area contributed by atoms with Gasteiger partial charge in [0.05, 0.1) is 0 Å². The van der Waals surface area contributed by atoms with E-state index in [0.717, 1.165) is 81.8 Å². The lowest BCUT2D eigenvalue weighted by Gasteiger charge is -2.34. The molecular formula is C36H47ClN4O4. The van der Waals surface area contributed by atoms with E-state index in [1.165, 1.54) is 0 Å². The lowest BCUT2D eigenvalue weighted by molar-refractivity contribution is -0.134. The lowest BCUT2D eigenvalue weighted by atomic mass is 9.86. The maximum absolute atomic E-state index is 13.4. The number of hydrogen-bond donors (Lipinski definition) is 1. The molecule has 1 N–H and O–H groups in total. The summed E-state index contributed by atoms with van der Waals surface area (Å²) in [6.07, 6.45) is 15.6. The third-order valence-electron chi connectivity index (χ3n) is 9.15. The van der Waals surface area contributed by atoms with Gasteiger partial charge in [0, 0.05) is 74.1 Å². The Morgan fingerprint density at radius 2 is 1.80 bits per heavy atom. The highest BCUT2D eigenvalue weighted by Gasteiger charge is 2.28. The van der Waals surface area contributed by atoms with Gasteiger partial charge in [-0.15, -0.1) is 0 Å². The number of ketones is 1. The monoisotopic (exact) mass is 634 g/mol. The molecule has 1 aromatic rings. The second-order valence-electron chi connectivity index (χ2n) is 13.9. The number of ether oxygens (including phenoxy) is 1. The van der Waals surface area contributed by atoms with Gasteiger partial charge in [-0.1, -0.05) is 50.6 Å². The Balaban J connectivity index is 1.09. The molecule has 3 heterocycles. The van der Waals surface area contributed by atoms with Crippen LogP contribution in [0.3, 0.4) is 0 Å². The van der Waals surface area contributed by atoms with Crippen LogP contribution in [-0.4, -0.2) is 78.1 Å². The fraction of sp³-hybridized carbons (Fsp3) is 0.528. The number of halogens is 1. The standard InChI is InChI=1S/C36H47ClN4O4/c1-36(2,3)23-34(43)41-15-9-26(10-16-41)24-38-35(44)32-22-29(37)7-8-31(32)27-11-13-39(14-12-27)17-18-40-19-20-45-33(25-40)28-5-4-6-30(42)21-28/h4-8,19-20,22,25-27H,9-18,21,23-24H2,1-3H3,(H,38,44). The van der Waals surface area contributed by atoms with Crippen molar-refractivity contribution in [2.45, 2.75) is 65.2 Å². The largest absolute Gasteiger partial charge is 0.462 e. The molecule has 1 aromatic carbocycles. The molecule has 8 nitrogen and oxygen atoms in total. The van der Waals surface area contributed by atoms with Gasteiger partial charge < -0.3 is 24.8 Å². The average molecular weight is 635 g/mol. The van der Waals surface area contributed by atoms with Crippen LogP contribution in [0.25, 0.3) is 0 Å². The first kappa shape index (κ1) is 33.0. The molecule has 0 unspecified atom stereocenters. The molecule has 0 radical (unpaired) electrons. The van der Waals surface area contributed by atoms with Gasteiger partial charge in [0.25, 0.3) is 5.91 Å². The van der Waals surface area contributed by atoms with E-state index in [1.54, 1.807) is 18.4 Å².